The smallest absolute Gasteiger partial charge is 0.253 e. The molecule has 10 heteroatoms. The second-order valence-corrected chi connectivity index (χ2v) is 10.6. The number of benzene rings is 1. The summed E-state index contributed by atoms with van der Waals surface area (Å²) in [5, 5.41) is 6.19. The number of nitrogens with one attached hydrogen (secondary N) is 2. The van der Waals surface area contributed by atoms with E-state index >= 15 is 0 Å². The van der Waals surface area contributed by atoms with Gasteiger partial charge in [-0.25, -0.2) is 0 Å². The minimum absolute atomic E-state index is 0.0310. The quantitative estimate of drug-likeness (QED) is 0.410. The minimum Gasteiger partial charge on any atom is -0.369 e. The first kappa shape index (κ1) is 27.1. The van der Waals surface area contributed by atoms with Crippen molar-refractivity contribution in [2.24, 2.45) is 15.7 Å². The summed E-state index contributed by atoms with van der Waals surface area (Å²) in [6.45, 7) is 6.17. The van der Waals surface area contributed by atoms with E-state index in [1.807, 2.05) is 36.2 Å². The number of hydrogen-bond donors (Lipinski definition) is 3. The second-order valence-electron chi connectivity index (χ2n) is 10.6. The van der Waals surface area contributed by atoms with Crippen LogP contribution in [0.5, 0.6) is 0 Å². The van der Waals surface area contributed by atoms with Gasteiger partial charge in [0.15, 0.2) is 5.96 Å². The molecule has 1 unspecified atom stereocenters. The van der Waals surface area contributed by atoms with Crippen LogP contribution in [0.4, 0.5) is 5.69 Å². The molecule has 1 aromatic carbocycles. The van der Waals surface area contributed by atoms with E-state index in [0.29, 0.717) is 11.5 Å². The number of carbonyl (C=O) groups is 2. The van der Waals surface area contributed by atoms with Gasteiger partial charge in [-0.05, 0) is 82.9 Å². The van der Waals surface area contributed by atoms with E-state index in [0.717, 1.165) is 82.8 Å². The molecule has 202 valence electrons. The topological polar surface area (TPSA) is 119 Å². The van der Waals surface area contributed by atoms with Crippen LogP contribution < -0.4 is 16.4 Å². The van der Waals surface area contributed by atoms with Gasteiger partial charge in [-0.2, -0.15) is 4.99 Å². The molecule has 0 spiro atoms. The Bertz CT molecular complexity index is 992. The molecule has 3 aliphatic heterocycles. The van der Waals surface area contributed by atoms with Crippen LogP contribution in [0.2, 0.25) is 0 Å². The highest BCUT2D eigenvalue weighted by Gasteiger charge is 2.30. The van der Waals surface area contributed by atoms with Crippen LogP contribution in [0.15, 0.2) is 34.3 Å². The van der Waals surface area contributed by atoms with E-state index in [2.05, 4.69) is 37.5 Å². The maximum Gasteiger partial charge on any atom is 0.253 e. The van der Waals surface area contributed by atoms with Gasteiger partial charge in [0.25, 0.3) is 5.91 Å². The van der Waals surface area contributed by atoms with Gasteiger partial charge in [-0.3, -0.25) is 19.5 Å². The summed E-state index contributed by atoms with van der Waals surface area (Å²) < 4.78 is 0. The molecule has 37 heavy (non-hydrogen) atoms. The SMILES string of the molecule is CC(=O)NC1CCN(C2CCCN=C2N=C(N)Nc2ccc(C(=O)N(C)C3CCN(C)CC3)cc2)CC1. The maximum atomic E-state index is 13.0. The molecule has 10 nitrogen and oxygen atoms in total. The molecule has 0 aromatic heterocycles. The van der Waals surface area contributed by atoms with E-state index < -0.39 is 0 Å². The van der Waals surface area contributed by atoms with Gasteiger partial charge in [0.1, 0.15) is 5.84 Å². The summed E-state index contributed by atoms with van der Waals surface area (Å²) >= 11 is 0. The summed E-state index contributed by atoms with van der Waals surface area (Å²) in [4.78, 5) is 40.3. The van der Waals surface area contributed by atoms with Crippen LogP contribution in [-0.2, 0) is 4.79 Å². The number of aliphatic imine (C=N–C) groups is 2. The number of amidine groups is 1. The summed E-state index contributed by atoms with van der Waals surface area (Å²) in [6, 6.07) is 8.07. The number of piperidine rings is 2. The lowest BCUT2D eigenvalue weighted by Crippen LogP contribution is -2.50. The fraction of sp³-hybridized carbons (Fsp3) is 0.630. The van der Waals surface area contributed by atoms with E-state index in [-0.39, 0.29) is 29.9 Å². The van der Waals surface area contributed by atoms with Gasteiger partial charge in [0.05, 0.1) is 6.04 Å². The zero-order chi connectivity index (χ0) is 26.4. The summed E-state index contributed by atoms with van der Waals surface area (Å²) in [7, 11) is 4.02. The number of likely N-dealkylation sites (tertiary alicyclic amines) is 2. The first-order valence-corrected chi connectivity index (χ1v) is 13.5. The van der Waals surface area contributed by atoms with Crippen LogP contribution in [0, 0.1) is 0 Å². The Morgan fingerprint density at radius 3 is 2.38 bits per heavy atom. The monoisotopic (exact) mass is 510 g/mol. The first-order valence-electron chi connectivity index (χ1n) is 13.5. The van der Waals surface area contributed by atoms with E-state index in [1.165, 1.54) is 0 Å². The molecule has 0 aliphatic carbocycles. The van der Waals surface area contributed by atoms with E-state index in [9.17, 15) is 9.59 Å². The molecular weight excluding hydrogens is 468 g/mol. The van der Waals surface area contributed by atoms with Crippen LogP contribution in [-0.4, -0.2) is 103 Å². The zero-order valence-electron chi connectivity index (χ0n) is 22.4. The third-order valence-electron chi connectivity index (χ3n) is 7.78. The number of nitrogens with zero attached hydrogens (tertiary/aromatic N) is 5. The molecule has 3 aliphatic rings. The number of rotatable bonds is 5. The molecule has 1 aromatic rings. The van der Waals surface area contributed by atoms with Crippen LogP contribution in [0.25, 0.3) is 0 Å². The van der Waals surface area contributed by atoms with Crippen molar-refractivity contribution in [3.8, 4) is 0 Å². The number of anilines is 1. The largest absolute Gasteiger partial charge is 0.369 e. The van der Waals surface area contributed by atoms with Crippen LogP contribution >= 0.6 is 0 Å². The van der Waals surface area contributed by atoms with Crippen LogP contribution in [0.3, 0.4) is 0 Å². The minimum atomic E-state index is 0.0310. The third-order valence-corrected chi connectivity index (χ3v) is 7.78. The molecule has 1 atom stereocenters. The Balaban J connectivity index is 1.33. The standard InChI is InChI=1S/C27H42N8O2/c1-19(36)30-22-10-17-35(18-11-22)24-5-4-14-29-25(24)32-27(28)31-21-8-6-20(7-9-21)26(37)34(3)23-12-15-33(2)16-13-23/h6-9,22-24H,4-5,10-18H2,1-3H3,(H,30,36)(H3,28,29,31,32). The number of hydrogen-bond acceptors (Lipinski definition) is 6. The molecule has 4 N–H and O–H groups in total. The third kappa shape index (κ3) is 7.29. The number of guanidine groups is 1. The van der Waals surface area contributed by atoms with Gasteiger partial charge in [-0.15, -0.1) is 0 Å². The van der Waals surface area contributed by atoms with E-state index in [1.54, 1.807) is 6.92 Å². The van der Waals surface area contributed by atoms with Gasteiger partial charge >= 0.3 is 0 Å². The Kier molecular flexibility index (Phi) is 9.15. The average Bonchev–Trinajstić information content (AvgIpc) is 2.89. The predicted molar refractivity (Wildman–Crippen MR) is 148 cm³/mol. The molecule has 2 saturated heterocycles. The predicted octanol–water partition coefficient (Wildman–Crippen LogP) is 1.74. The lowest BCUT2D eigenvalue weighted by atomic mass is 9.99. The number of carbonyl (C=O) groups excluding carboxylic acids is 2. The van der Waals surface area contributed by atoms with Crippen molar-refractivity contribution in [1.82, 2.24) is 20.0 Å². The van der Waals surface area contributed by atoms with Crippen LogP contribution in [0.1, 0.15) is 55.8 Å². The molecule has 2 fully saturated rings. The lowest BCUT2D eigenvalue weighted by Gasteiger charge is -2.38. The number of nitrogens with two attached hydrogens (primary N) is 1. The highest BCUT2D eigenvalue weighted by atomic mass is 16.2. The second kappa shape index (κ2) is 12.5. The normalized spacial score (nSPS) is 22.8. The average molecular weight is 511 g/mol. The molecule has 0 radical (unpaired) electrons. The molecule has 3 heterocycles. The summed E-state index contributed by atoms with van der Waals surface area (Å²) in [5.41, 5.74) is 7.72. The van der Waals surface area contributed by atoms with Gasteiger partial charge in [0.2, 0.25) is 5.91 Å². The lowest BCUT2D eigenvalue weighted by molar-refractivity contribution is -0.120. The fourth-order valence-corrected chi connectivity index (χ4v) is 5.56. The first-order chi connectivity index (χ1) is 17.8. The Hall–Kier alpha value is -2.98. The Morgan fingerprint density at radius 2 is 1.73 bits per heavy atom. The highest BCUT2D eigenvalue weighted by molar-refractivity contribution is 6.04. The van der Waals surface area contributed by atoms with Crippen molar-refractivity contribution in [1.29, 1.82) is 0 Å². The zero-order valence-corrected chi connectivity index (χ0v) is 22.4. The molecule has 4 rings (SSSR count). The van der Waals surface area contributed by atoms with Crippen molar-refractivity contribution < 1.29 is 9.59 Å². The summed E-state index contributed by atoms with van der Waals surface area (Å²) in [6.07, 6.45) is 5.90. The highest BCUT2D eigenvalue weighted by Crippen LogP contribution is 2.21. The van der Waals surface area contributed by atoms with E-state index in [4.69, 9.17) is 5.73 Å². The van der Waals surface area contributed by atoms with Crippen molar-refractivity contribution in [3.63, 3.8) is 0 Å². The Morgan fingerprint density at radius 1 is 1.05 bits per heavy atom. The molecule has 0 bridgehead atoms. The molecular formula is C27H42N8O2. The Labute approximate surface area is 220 Å². The van der Waals surface area contributed by atoms with Crippen molar-refractivity contribution in [3.05, 3.63) is 29.8 Å². The molecule has 2 amide bonds. The number of amides is 2. The van der Waals surface area contributed by atoms with Crippen molar-refractivity contribution in [2.45, 2.75) is 63.6 Å². The maximum absolute atomic E-state index is 13.0. The fourth-order valence-electron chi connectivity index (χ4n) is 5.56. The molecule has 0 saturated carbocycles. The van der Waals surface area contributed by atoms with Gasteiger partial charge in [0, 0.05) is 56.9 Å². The van der Waals surface area contributed by atoms with Crippen molar-refractivity contribution in [2.75, 3.05) is 52.1 Å². The van der Waals surface area contributed by atoms with Gasteiger partial charge in [-0.1, -0.05) is 0 Å². The van der Waals surface area contributed by atoms with Gasteiger partial charge < -0.3 is 26.2 Å². The van der Waals surface area contributed by atoms with Crippen molar-refractivity contribution >= 4 is 29.3 Å². The summed E-state index contributed by atoms with van der Waals surface area (Å²) in [5.74, 6) is 1.13.